The van der Waals surface area contributed by atoms with Gasteiger partial charge in [0.2, 0.25) is 5.91 Å². The van der Waals surface area contributed by atoms with Crippen molar-refractivity contribution in [1.82, 2.24) is 21.3 Å². The number of benzene rings is 1. The molecule has 0 saturated carbocycles. The summed E-state index contributed by atoms with van der Waals surface area (Å²) in [5.41, 5.74) is 1.22. The zero-order valence-electron chi connectivity index (χ0n) is 11.2. The van der Waals surface area contributed by atoms with Crippen molar-refractivity contribution in [3.05, 3.63) is 35.5 Å². The van der Waals surface area contributed by atoms with Crippen molar-refractivity contribution in [2.75, 3.05) is 6.54 Å². The zero-order chi connectivity index (χ0) is 16.1. The molecule has 22 heavy (non-hydrogen) atoms. The fourth-order valence-electron chi connectivity index (χ4n) is 1.60. The van der Waals surface area contributed by atoms with Gasteiger partial charge in [-0.2, -0.15) is 0 Å². The van der Waals surface area contributed by atoms with Crippen molar-refractivity contribution >= 4 is 52.6 Å². The molecule has 2 fully saturated rings. The van der Waals surface area contributed by atoms with Gasteiger partial charge >= 0.3 is 0 Å². The third-order valence-electron chi connectivity index (χ3n) is 2.59. The molecular weight excluding hydrogens is 324 g/mol. The summed E-state index contributed by atoms with van der Waals surface area (Å²) in [6.07, 6.45) is 1.66. The minimum absolute atomic E-state index is 0.0509. The monoisotopic (exact) mass is 336 g/mol. The van der Waals surface area contributed by atoms with Crippen LogP contribution < -0.4 is 21.3 Å². The van der Waals surface area contributed by atoms with E-state index in [1.807, 2.05) is 0 Å². The van der Waals surface area contributed by atoms with Gasteiger partial charge in [-0.15, -0.1) is 0 Å². The number of rotatable bonds is 1. The molecule has 0 radical (unpaired) electrons. The molecule has 0 spiro atoms. The number of carbonyl (C=O) groups excluding carboxylic acids is 2. The van der Waals surface area contributed by atoms with Gasteiger partial charge in [-0.3, -0.25) is 14.9 Å². The second-order valence-corrected chi connectivity index (χ2v) is 5.11. The summed E-state index contributed by atoms with van der Waals surface area (Å²) in [4.78, 5) is 21.5. The molecule has 2 amide bonds. The van der Waals surface area contributed by atoms with Crippen LogP contribution in [0.25, 0.3) is 6.08 Å². The van der Waals surface area contributed by atoms with Crippen LogP contribution in [0.2, 0.25) is 0 Å². The molecule has 2 saturated heterocycles. The topological polar surface area (TPSA) is 102 Å². The maximum Gasteiger partial charge on any atom is 0.273 e. The van der Waals surface area contributed by atoms with Gasteiger partial charge in [-0.25, -0.2) is 0 Å². The smallest absolute Gasteiger partial charge is 0.273 e. The van der Waals surface area contributed by atoms with E-state index in [2.05, 4.69) is 33.5 Å². The zero-order valence-corrected chi connectivity index (χ0v) is 12.8. The lowest BCUT2D eigenvalue weighted by Gasteiger charge is -1.96. The fourth-order valence-corrected chi connectivity index (χ4v) is 1.98. The summed E-state index contributed by atoms with van der Waals surface area (Å²) in [5.74, 6) is -0.102. The van der Waals surface area contributed by atoms with Gasteiger partial charge in [0.15, 0.2) is 10.2 Å². The summed E-state index contributed by atoms with van der Waals surface area (Å²) in [6.45, 7) is 0.332. The molecule has 0 aliphatic carbocycles. The number of thiocarbonyl (C=S) groups is 2. The van der Waals surface area contributed by atoms with E-state index in [-0.39, 0.29) is 17.6 Å². The molecule has 1 aromatic carbocycles. The molecule has 2 heterocycles. The van der Waals surface area contributed by atoms with Crippen molar-refractivity contribution in [2.45, 2.75) is 0 Å². The van der Waals surface area contributed by atoms with Gasteiger partial charge in [0.05, 0.1) is 6.54 Å². The van der Waals surface area contributed by atoms with Crippen LogP contribution in [-0.2, 0) is 9.59 Å². The Kier molecular flexibility index (Phi) is 5.02. The molecule has 1 aromatic rings. The average molecular weight is 336 g/mol. The molecule has 9 heteroatoms. The summed E-state index contributed by atoms with van der Waals surface area (Å²) in [6, 6.07) is 6.52. The van der Waals surface area contributed by atoms with Crippen molar-refractivity contribution in [2.24, 2.45) is 0 Å². The summed E-state index contributed by atoms with van der Waals surface area (Å²) in [7, 11) is 0. The highest BCUT2D eigenvalue weighted by Crippen LogP contribution is 2.13. The number of nitrogens with one attached hydrogen (secondary N) is 4. The predicted octanol–water partition coefficient (Wildman–Crippen LogP) is -0.272. The SMILES string of the molecule is O=C1CNC(=S)N1.O=C1NC(=S)N/C1=C\c1ccc(O)cc1. The van der Waals surface area contributed by atoms with Crippen LogP contribution in [0.1, 0.15) is 5.56 Å². The van der Waals surface area contributed by atoms with Crippen LogP contribution in [0.5, 0.6) is 5.75 Å². The standard InChI is InChI=1S/C10H8N2O2S.C3H4N2OS/c13-7-3-1-6(2-4-7)5-8-9(14)12-10(15)11-8;6-2-1-4-3(7)5-2/h1-5,13H,(H2,11,12,14,15);1H2,(H2,4,5,6,7)/b8-5-;. The number of phenolic OH excluding ortho intramolecular Hbond substituents is 1. The molecule has 2 aliphatic heterocycles. The van der Waals surface area contributed by atoms with E-state index in [4.69, 9.17) is 17.3 Å². The third kappa shape index (κ3) is 4.50. The van der Waals surface area contributed by atoms with Gasteiger partial charge in [0.1, 0.15) is 11.4 Å². The summed E-state index contributed by atoms with van der Waals surface area (Å²) >= 11 is 9.34. The van der Waals surface area contributed by atoms with Crippen molar-refractivity contribution in [3.63, 3.8) is 0 Å². The first-order valence-corrected chi connectivity index (χ1v) is 6.96. The van der Waals surface area contributed by atoms with Crippen molar-refractivity contribution in [1.29, 1.82) is 0 Å². The van der Waals surface area contributed by atoms with Crippen LogP contribution >= 0.6 is 24.4 Å². The molecular formula is C13H12N4O3S2. The van der Waals surface area contributed by atoms with E-state index < -0.39 is 0 Å². The van der Waals surface area contributed by atoms with Crippen LogP contribution in [0.4, 0.5) is 0 Å². The van der Waals surface area contributed by atoms with Crippen LogP contribution in [-0.4, -0.2) is 33.7 Å². The first kappa shape index (κ1) is 15.9. The van der Waals surface area contributed by atoms with E-state index in [1.54, 1.807) is 30.3 Å². The quantitative estimate of drug-likeness (QED) is 0.355. The summed E-state index contributed by atoms with van der Waals surface area (Å²) < 4.78 is 0. The number of hydrogen-bond donors (Lipinski definition) is 5. The Hall–Kier alpha value is -2.52. The second kappa shape index (κ2) is 6.96. The Morgan fingerprint density at radius 1 is 1.00 bits per heavy atom. The van der Waals surface area contributed by atoms with E-state index in [0.29, 0.717) is 22.5 Å². The highest BCUT2D eigenvalue weighted by molar-refractivity contribution is 7.80. The Labute approximate surface area is 136 Å². The van der Waals surface area contributed by atoms with Crippen LogP contribution in [0, 0.1) is 0 Å². The van der Waals surface area contributed by atoms with Gasteiger partial charge in [0.25, 0.3) is 5.91 Å². The number of aromatic hydroxyl groups is 1. The highest BCUT2D eigenvalue weighted by Gasteiger charge is 2.19. The van der Waals surface area contributed by atoms with Crippen molar-refractivity contribution in [3.8, 4) is 5.75 Å². The lowest BCUT2D eigenvalue weighted by molar-refractivity contribution is -0.117. The Bertz CT molecular complexity index is 656. The molecule has 7 nitrogen and oxygen atoms in total. The maximum atomic E-state index is 11.3. The second-order valence-electron chi connectivity index (χ2n) is 4.29. The molecule has 0 atom stereocenters. The number of hydrogen-bond acceptors (Lipinski definition) is 5. The Balaban J connectivity index is 0.000000211. The number of phenols is 1. The number of carbonyl (C=O) groups is 2. The Morgan fingerprint density at radius 2 is 1.68 bits per heavy atom. The van der Waals surface area contributed by atoms with E-state index in [0.717, 1.165) is 5.56 Å². The lowest BCUT2D eigenvalue weighted by Crippen LogP contribution is -2.21. The summed E-state index contributed by atoms with van der Waals surface area (Å²) in [5, 5.41) is 20.1. The molecule has 2 aliphatic rings. The van der Waals surface area contributed by atoms with Gasteiger partial charge in [0, 0.05) is 0 Å². The van der Waals surface area contributed by atoms with Gasteiger partial charge in [-0.05, 0) is 48.2 Å². The van der Waals surface area contributed by atoms with Gasteiger partial charge < -0.3 is 21.1 Å². The average Bonchev–Trinajstić information content (AvgIpc) is 2.98. The van der Waals surface area contributed by atoms with Crippen molar-refractivity contribution < 1.29 is 14.7 Å². The van der Waals surface area contributed by atoms with Crippen LogP contribution in [0.3, 0.4) is 0 Å². The van der Waals surface area contributed by atoms with Crippen LogP contribution in [0.15, 0.2) is 30.0 Å². The van der Waals surface area contributed by atoms with E-state index in [9.17, 15) is 9.59 Å². The lowest BCUT2D eigenvalue weighted by atomic mass is 10.2. The third-order valence-corrected chi connectivity index (χ3v) is 3.04. The Morgan fingerprint density at radius 3 is 2.09 bits per heavy atom. The minimum Gasteiger partial charge on any atom is -0.508 e. The largest absolute Gasteiger partial charge is 0.508 e. The molecule has 5 N–H and O–H groups in total. The fraction of sp³-hybridized carbons (Fsp3) is 0.0769. The highest BCUT2D eigenvalue weighted by atomic mass is 32.1. The van der Waals surface area contributed by atoms with E-state index >= 15 is 0 Å². The molecule has 0 bridgehead atoms. The minimum atomic E-state index is -0.243. The molecule has 3 rings (SSSR count). The molecule has 0 unspecified atom stereocenters. The van der Waals surface area contributed by atoms with E-state index in [1.165, 1.54) is 0 Å². The molecule has 114 valence electrons. The number of amides is 2. The first-order valence-electron chi connectivity index (χ1n) is 6.15. The normalized spacial score (nSPS) is 18.1. The molecule has 0 aromatic heterocycles. The van der Waals surface area contributed by atoms with Gasteiger partial charge in [-0.1, -0.05) is 12.1 Å². The first-order chi connectivity index (χ1) is 10.4. The maximum absolute atomic E-state index is 11.3. The predicted molar refractivity (Wildman–Crippen MR) is 88.7 cm³/mol.